The van der Waals surface area contributed by atoms with E-state index in [1.165, 1.54) is 11.1 Å². The third-order valence-electron chi connectivity index (χ3n) is 10.0. The second-order valence-corrected chi connectivity index (χ2v) is 13.7. The number of aromatic nitrogens is 1. The number of urea groups is 1. The van der Waals surface area contributed by atoms with Crippen molar-refractivity contribution in [3.8, 4) is 0 Å². The molecular formula is C39H48N6O3. The fourth-order valence-corrected chi connectivity index (χ4v) is 7.38. The molecule has 4 aromatic rings. The van der Waals surface area contributed by atoms with Gasteiger partial charge in [0.25, 0.3) is 5.91 Å². The number of piperidine rings is 1. The van der Waals surface area contributed by atoms with E-state index in [0.717, 1.165) is 47.7 Å². The minimum Gasteiger partial charge on any atom is -0.361 e. The number of nitrogens with zero attached hydrogens (tertiary/aromatic N) is 3. The van der Waals surface area contributed by atoms with Gasteiger partial charge in [0.05, 0.1) is 11.3 Å². The number of carbonyl (C=O) groups excluding carboxylic acids is 3. The van der Waals surface area contributed by atoms with Gasteiger partial charge in [0.15, 0.2) is 0 Å². The van der Waals surface area contributed by atoms with Crippen molar-refractivity contribution in [2.45, 2.75) is 64.0 Å². The number of H-pyrrole nitrogens is 1. The van der Waals surface area contributed by atoms with Gasteiger partial charge in [-0.25, -0.2) is 4.79 Å². The molecule has 2 fully saturated rings. The first-order valence-corrected chi connectivity index (χ1v) is 17.2. The number of nitrogens with one attached hydrogen (secondary N) is 3. The molecule has 1 aromatic heterocycles. The van der Waals surface area contributed by atoms with Crippen LogP contribution < -0.4 is 10.6 Å². The summed E-state index contributed by atoms with van der Waals surface area (Å²) >= 11 is 0. The van der Waals surface area contributed by atoms with Gasteiger partial charge >= 0.3 is 6.03 Å². The van der Waals surface area contributed by atoms with E-state index < -0.39 is 6.04 Å². The third-order valence-corrected chi connectivity index (χ3v) is 10.0. The molecule has 2 atom stereocenters. The second-order valence-electron chi connectivity index (χ2n) is 13.7. The summed E-state index contributed by atoms with van der Waals surface area (Å²) in [5.74, 6) is -0.396. The summed E-state index contributed by atoms with van der Waals surface area (Å²) in [4.78, 5) is 51.0. The van der Waals surface area contributed by atoms with Crippen molar-refractivity contribution in [3.05, 3.63) is 101 Å². The van der Waals surface area contributed by atoms with Crippen molar-refractivity contribution >= 4 is 34.4 Å². The maximum Gasteiger partial charge on any atom is 0.318 e. The van der Waals surface area contributed by atoms with Gasteiger partial charge in [0.2, 0.25) is 5.91 Å². The van der Waals surface area contributed by atoms with Crippen LogP contribution in [0.5, 0.6) is 0 Å². The largest absolute Gasteiger partial charge is 0.361 e. The molecule has 3 heterocycles. The Balaban J connectivity index is 1.27. The zero-order valence-electron chi connectivity index (χ0n) is 28.6. The lowest BCUT2D eigenvalue weighted by atomic mass is 9.87. The number of benzene rings is 3. The van der Waals surface area contributed by atoms with Crippen LogP contribution >= 0.6 is 0 Å². The first-order valence-electron chi connectivity index (χ1n) is 17.2. The lowest BCUT2D eigenvalue weighted by Crippen LogP contribution is -2.53. The molecule has 9 heteroatoms. The van der Waals surface area contributed by atoms with Gasteiger partial charge in [-0.1, -0.05) is 55.5 Å². The number of fused-ring (bicyclic) bond motifs is 1. The van der Waals surface area contributed by atoms with Crippen LogP contribution in [0.4, 0.5) is 10.5 Å². The van der Waals surface area contributed by atoms with E-state index >= 15 is 0 Å². The van der Waals surface area contributed by atoms with Crippen LogP contribution in [0.2, 0.25) is 0 Å². The van der Waals surface area contributed by atoms with E-state index in [9.17, 15) is 14.4 Å². The Morgan fingerprint density at radius 3 is 2.35 bits per heavy atom. The molecule has 2 aliphatic heterocycles. The first kappa shape index (κ1) is 33.3. The van der Waals surface area contributed by atoms with Crippen LogP contribution in [0.15, 0.2) is 72.9 Å². The number of likely N-dealkylation sites (tertiary alicyclic amines) is 2. The van der Waals surface area contributed by atoms with E-state index in [-0.39, 0.29) is 23.8 Å². The second kappa shape index (κ2) is 14.6. The van der Waals surface area contributed by atoms with Crippen LogP contribution in [0.1, 0.15) is 77.1 Å². The van der Waals surface area contributed by atoms with Gasteiger partial charge in [-0.15, -0.1) is 0 Å². The first-order chi connectivity index (χ1) is 23.2. The average Bonchev–Trinajstić information content (AvgIpc) is 3.78. The van der Waals surface area contributed by atoms with Gasteiger partial charge in [-0.2, -0.15) is 0 Å². The summed E-state index contributed by atoms with van der Waals surface area (Å²) < 4.78 is 0. The number of hydrogen-bond donors (Lipinski definition) is 3. The van der Waals surface area contributed by atoms with Gasteiger partial charge in [0.1, 0.15) is 6.04 Å². The Bertz CT molecular complexity index is 1770. The van der Waals surface area contributed by atoms with Crippen LogP contribution in [0.25, 0.3) is 10.9 Å². The number of aryl methyl sites for hydroxylation is 1. The molecule has 0 saturated carbocycles. The number of anilines is 1. The van der Waals surface area contributed by atoms with Crippen LogP contribution in [-0.4, -0.2) is 83.8 Å². The number of rotatable bonds is 9. The molecule has 0 unspecified atom stereocenters. The number of carbonyl (C=O) groups is 3. The lowest BCUT2D eigenvalue weighted by Gasteiger charge is -2.34. The average molecular weight is 649 g/mol. The monoisotopic (exact) mass is 648 g/mol. The number of hydrogen-bond acceptors (Lipinski definition) is 4. The fraction of sp³-hybridized carbons (Fsp3) is 0.410. The Morgan fingerprint density at radius 1 is 0.917 bits per heavy atom. The van der Waals surface area contributed by atoms with E-state index in [1.807, 2.05) is 84.4 Å². The predicted molar refractivity (Wildman–Crippen MR) is 191 cm³/mol. The van der Waals surface area contributed by atoms with Crippen LogP contribution in [0.3, 0.4) is 0 Å². The molecule has 252 valence electrons. The Hall–Kier alpha value is -4.63. The van der Waals surface area contributed by atoms with E-state index in [0.29, 0.717) is 49.9 Å². The molecule has 0 bridgehead atoms. The molecule has 3 aromatic carbocycles. The molecule has 0 aliphatic carbocycles. The quantitative estimate of drug-likeness (QED) is 0.194. The van der Waals surface area contributed by atoms with E-state index in [2.05, 4.69) is 46.8 Å². The summed E-state index contributed by atoms with van der Waals surface area (Å²) in [5.41, 5.74) is 6.46. The molecule has 2 aliphatic rings. The lowest BCUT2D eigenvalue weighted by molar-refractivity contribution is -0.118. The minimum atomic E-state index is -0.891. The van der Waals surface area contributed by atoms with Crippen molar-refractivity contribution in [1.29, 1.82) is 0 Å². The summed E-state index contributed by atoms with van der Waals surface area (Å²) in [6.07, 6.45) is 5.62. The number of para-hydroxylation sites is 1. The maximum atomic E-state index is 14.4. The van der Waals surface area contributed by atoms with Gasteiger partial charge in [-0.3, -0.25) is 9.59 Å². The minimum absolute atomic E-state index is 0.0824. The van der Waals surface area contributed by atoms with Crippen molar-refractivity contribution < 1.29 is 14.4 Å². The van der Waals surface area contributed by atoms with Crippen molar-refractivity contribution in [2.24, 2.45) is 0 Å². The third kappa shape index (κ3) is 7.26. The van der Waals surface area contributed by atoms with Gasteiger partial charge < -0.3 is 30.3 Å². The normalized spacial score (nSPS) is 16.7. The summed E-state index contributed by atoms with van der Waals surface area (Å²) in [6.45, 7) is 7.42. The molecule has 0 radical (unpaired) electrons. The molecule has 0 spiro atoms. The highest BCUT2D eigenvalue weighted by Gasteiger charge is 2.34. The molecule has 9 nitrogen and oxygen atoms in total. The summed E-state index contributed by atoms with van der Waals surface area (Å²) in [6, 6.07) is 21.0. The zero-order valence-corrected chi connectivity index (χ0v) is 28.6. The molecule has 4 amide bonds. The van der Waals surface area contributed by atoms with Crippen molar-refractivity contribution in [1.82, 2.24) is 25.0 Å². The summed E-state index contributed by atoms with van der Waals surface area (Å²) in [5, 5.41) is 7.26. The topological polar surface area (TPSA) is 101 Å². The highest BCUT2D eigenvalue weighted by Crippen LogP contribution is 2.32. The van der Waals surface area contributed by atoms with Crippen LogP contribution in [-0.2, 0) is 11.3 Å². The molecule has 48 heavy (non-hydrogen) atoms. The maximum absolute atomic E-state index is 14.4. The number of amides is 4. The summed E-state index contributed by atoms with van der Waals surface area (Å²) in [7, 11) is 3.97. The van der Waals surface area contributed by atoms with Gasteiger partial charge in [-0.05, 0) is 93.1 Å². The highest BCUT2D eigenvalue weighted by molar-refractivity contribution is 6.06. The van der Waals surface area contributed by atoms with E-state index in [4.69, 9.17) is 0 Å². The Morgan fingerprint density at radius 2 is 1.62 bits per heavy atom. The molecular weight excluding hydrogens is 600 g/mol. The Kier molecular flexibility index (Phi) is 10.2. The van der Waals surface area contributed by atoms with Crippen molar-refractivity contribution in [3.63, 3.8) is 0 Å². The van der Waals surface area contributed by atoms with Gasteiger partial charge in [0, 0.05) is 55.7 Å². The van der Waals surface area contributed by atoms with Crippen molar-refractivity contribution in [2.75, 3.05) is 45.6 Å². The van der Waals surface area contributed by atoms with Crippen LogP contribution in [0, 0.1) is 6.92 Å². The predicted octanol–water partition coefficient (Wildman–Crippen LogP) is 6.47. The smallest absolute Gasteiger partial charge is 0.318 e. The zero-order chi connectivity index (χ0) is 33.8. The Labute approximate surface area is 283 Å². The number of aromatic amines is 1. The molecule has 6 rings (SSSR count). The fourth-order valence-electron chi connectivity index (χ4n) is 7.38. The van der Waals surface area contributed by atoms with E-state index in [1.54, 1.807) is 0 Å². The SMILES string of the molecule is Cc1ccccc1C1CCN(C(=O)N[C@@H](C(=O)Nc2cc(CN(C)C)ccc2C(=O)N2CCCC2)[C@@H](C)c2c[nH]c3ccccc23)CC1. The molecule has 3 N–H and O–H groups in total. The molecule has 2 saturated heterocycles. The highest BCUT2D eigenvalue weighted by atomic mass is 16.2. The standard InChI is InChI=1S/C39H48N6O3/c1-26-11-5-6-12-30(26)29-17-21-45(22-18-29)39(48)42-36(27(2)33-24-40-34-14-8-7-13-31(33)34)37(46)41-35-23-28(25-43(3)4)15-16-32(35)38(47)44-19-9-10-20-44/h5-8,11-16,23-24,27,29,36,40H,9-10,17-22,25H2,1-4H3,(H,41,46)(H,42,48)/t27-,36+/m0/s1.